The highest BCUT2D eigenvalue weighted by Gasteiger charge is 2.19. The van der Waals surface area contributed by atoms with Crippen LogP contribution in [0.3, 0.4) is 0 Å². The van der Waals surface area contributed by atoms with Crippen LogP contribution in [0.25, 0.3) is 0 Å². The smallest absolute Gasteiger partial charge is 0.225 e. The van der Waals surface area contributed by atoms with E-state index in [9.17, 15) is 0 Å². The van der Waals surface area contributed by atoms with Gasteiger partial charge in [0.1, 0.15) is 0 Å². The van der Waals surface area contributed by atoms with Crippen LogP contribution in [0.1, 0.15) is 5.69 Å². The summed E-state index contributed by atoms with van der Waals surface area (Å²) in [4.78, 5) is 13.2. The molecule has 0 bridgehead atoms. The van der Waals surface area contributed by atoms with Gasteiger partial charge in [-0.05, 0) is 6.07 Å². The Morgan fingerprint density at radius 2 is 1.84 bits per heavy atom. The summed E-state index contributed by atoms with van der Waals surface area (Å²) in [7, 11) is 1.89. The minimum absolute atomic E-state index is 0.821. The van der Waals surface area contributed by atoms with Crippen molar-refractivity contribution in [2.24, 2.45) is 7.05 Å². The molecule has 1 aliphatic heterocycles. The zero-order valence-corrected chi connectivity index (χ0v) is 11.0. The van der Waals surface area contributed by atoms with Crippen LogP contribution in [0.4, 0.5) is 5.95 Å². The molecule has 1 fully saturated rings. The summed E-state index contributed by atoms with van der Waals surface area (Å²) in [6, 6.07) is 1.84. The van der Waals surface area contributed by atoms with Crippen molar-refractivity contribution in [3.63, 3.8) is 0 Å². The molecule has 2 aromatic rings. The zero-order chi connectivity index (χ0) is 13.1. The molecule has 0 saturated carbocycles. The van der Waals surface area contributed by atoms with Gasteiger partial charge in [-0.1, -0.05) is 5.21 Å². The quantitative estimate of drug-likeness (QED) is 0.769. The number of piperazine rings is 1. The first kappa shape index (κ1) is 12.0. The fourth-order valence-electron chi connectivity index (χ4n) is 2.26. The molecule has 0 unspecified atom stereocenters. The van der Waals surface area contributed by atoms with Gasteiger partial charge in [-0.25, -0.2) is 9.97 Å². The molecule has 3 rings (SSSR count). The fraction of sp³-hybridized carbons (Fsp3) is 0.500. The van der Waals surface area contributed by atoms with E-state index in [2.05, 4.69) is 30.1 Å². The maximum atomic E-state index is 4.29. The molecule has 0 N–H and O–H groups in total. The minimum Gasteiger partial charge on any atom is -0.338 e. The van der Waals surface area contributed by atoms with Gasteiger partial charge in [0.2, 0.25) is 5.95 Å². The van der Waals surface area contributed by atoms with Crippen molar-refractivity contribution in [1.82, 2.24) is 29.9 Å². The molecule has 0 aliphatic carbocycles. The zero-order valence-electron chi connectivity index (χ0n) is 11.0. The van der Waals surface area contributed by atoms with E-state index in [1.807, 2.05) is 19.3 Å². The highest BCUT2D eigenvalue weighted by Crippen LogP contribution is 2.11. The Morgan fingerprint density at radius 3 is 2.47 bits per heavy atom. The van der Waals surface area contributed by atoms with Crippen LogP contribution >= 0.6 is 0 Å². The van der Waals surface area contributed by atoms with E-state index in [0.717, 1.165) is 44.4 Å². The molecule has 1 aliphatic rings. The largest absolute Gasteiger partial charge is 0.338 e. The van der Waals surface area contributed by atoms with Crippen molar-refractivity contribution in [3.8, 4) is 0 Å². The molecule has 0 spiro atoms. The number of hydrogen-bond acceptors (Lipinski definition) is 6. The van der Waals surface area contributed by atoms with Crippen LogP contribution in [-0.2, 0) is 13.6 Å². The lowest BCUT2D eigenvalue weighted by Crippen LogP contribution is -2.46. The highest BCUT2D eigenvalue weighted by molar-refractivity contribution is 5.29. The van der Waals surface area contributed by atoms with Gasteiger partial charge in [0.05, 0.1) is 5.69 Å². The summed E-state index contributed by atoms with van der Waals surface area (Å²) >= 11 is 0. The van der Waals surface area contributed by atoms with E-state index in [1.165, 1.54) is 0 Å². The molecule has 7 nitrogen and oxygen atoms in total. The number of hydrogen-bond donors (Lipinski definition) is 0. The van der Waals surface area contributed by atoms with Gasteiger partial charge >= 0.3 is 0 Å². The van der Waals surface area contributed by atoms with E-state index in [1.54, 1.807) is 17.1 Å². The number of aromatic nitrogens is 5. The average molecular weight is 259 g/mol. The summed E-state index contributed by atoms with van der Waals surface area (Å²) in [6.45, 7) is 4.75. The SMILES string of the molecule is Cn1cc(CN2CCN(c3ncccn3)CC2)nn1. The van der Waals surface area contributed by atoms with Gasteiger partial charge < -0.3 is 4.90 Å². The molecule has 0 aromatic carbocycles. The Morgan fingerprint density at radius 1 is 1.11 bits per heavy atom. The Labute approximate surface area is 111 Å². The minimum atomic E-state index is 0.821. The fourth-order valence-corrected chi connectivity index (χ4v) is 2.26. The van der Waals surface area contributed by atoms with Crippen LogP contribution < -0.4 is 4.90 Å². The summed E-state index contributed by atoms with van der Waals surface area (Å²) in [5.74, 6) is 0.821. The standard InChI is InChI=1S/C12H17N7/c1-17-9-11(15-16-17)10-18-5-7-19(8-6-18)12-13-3-2-4-14-12/h2-4,9H,5-8,10H2,1H3. The van der Waals surface area contributed by atoms with Crippen molar-refractivity contribution in [2.45, 2.75) is 6.54 Å². The molecular weight excluding hydrogens is 242 g/mol. The second kappa shape index (κ2) is 5.31. The van der Waals surface area contributed by atoms with Crippen LogP contribution in [0.15, 0.2) is 24.7 Å². The van der Waals surface area contributed by atoms with Crippen molar-refractivity contribution in [3.05, 3.63) is 30.4 Å². The number of rotatable bonds is 3. The van der Waals surface area contributed by atoms with Gasteiger partial charge in [-0.3, -0.25) is 9.58 Å². The van der Waals surface area contributed by atoms with Gasteiger partial charge in [-0.15, -0.1) is 5.10 Å². The average Bonchev–Trinajstić information content (AvgIpc) is 2.86. The molecular formula is C12H17N7. The number of nitrogens with zero attached hydrogens (tertiary/aromatic N) is 7. The van der Waals surface area contributed by atoms with Gasteiger partial charge in [-0.2, -0.15) is 0 Å². The van der Waals surface area contributed by atoms with Crippen LogP contribution in [0.5, 0.6) is 0 Å². The topological polar surface area (TPSA) is 63.0 Å². The van der Waals surface area contributed by atoms with E-state index >= 15 is 0 Å². The van der Waals surface area contributed by atoms with Crippen molar-refractivity contribution < 1.29 is 0 Å². The number of aryl methyl sites for hydroxylation is 1. The monoisotopic (exact) mass is 259 g/mol. The lowest BCUT2D eigenvalue weighted by atomic mass is 10.3. The lowest BCUT2D eigenvalue weighted by Gasteiger charge is -2.34. The van der Waals surface area contributed by atoms with Gasteiger partial charge in [0.15, 0.2) is 0 Å². The van der Waals surface area contributed by atoms with E-state index in [-0.39, 0.29) is 0 Å². The Balaban J connectivity index is 1.55. The second-order valence-corrected chi connectivity index (χ2v) is 4.70. The maximum Gasteiger partial charge on any atom is 0.225 e. The third-order valence-electron chi connectivity index (χ3n) is 3.24. The maximum absolute atomic E-state index is 4.29. The summed E-state index contributed by atoms with van der Waals surface area (Å²) in [5, 5.41) is 8.07. The molecule has 0 amide bonds. The van der Waals surface area contributed by atoms with Crippen LogP contribution in [-0.4, -0.2) is 56.0 Å². The lowest BCUT2D eigenvalue weighted by molar-refractivity contribution is 0.246. The first-order chi connectivity index (χ1) is 9.31. The molecule has 0 radical (unpaired) electrons. The predicted molar refractivity (Wildman–Crippen MR) is 70.5 cm³/mol. The normalized spacial score (nSPS) is 16.8. The molecule has 0 atom stereocenters. The van der Waals surface area contributed by atoms with Crippen molar-refractivity contribution in [1.29, 1.82) is 0 Å². The molecule has 1 saturated heterocycles. The molecule has 3 heterocycles. The summed E-state index contributed by atoms with van der Waals surface area (Å²) in [5.41, 5.74) is 1.02. The summed E-state index contributed by atoms with van der Waals surface area (Å²) in [6.07, 6.45) is 5.54. The van der Waals surface area contributed by atoms with Gasteiger partial charge in [0, 0.05) is 58.4 Å². The second-order valence-electron chi connectivity index (χ2n) is 4.70. The third-order valence-corrected chi connectivity index (χ3v) is 3.24. The van der Waals surface area contributed by atoms with Gasteiger partial charge in [0.25, 0.3) is 0 Å². The first-order valence-electron chi connectivity index (χ1n) is 6.41. The Kier molecular flexibility index (Phi) is 3.37. The molecule has 100 valence electrons. The molecule has 7 heteroatoms. The van der Waals surface area contributed by atoms with E-state index in [0.29, 0.717) is 0 Å². The molecule has 2 aromatic heterocycles. The van der Waals surface area contributed by atoms with E-state index in [4.69, 9.17) is 0 Å². The molecule has 19 heavy (non-hydrogen) atoms. The Hall–Kier alpha value is -2.02. The number of anilines is 1. The highest BCUT2D eigenvalue weighted by atomic mass is 15.4. The van der Waals surface area contributed by atoms with E-state index < -0.39 is 0 Å². The van der Waals surface area contributed by atoms with Crippen LogP contribution in [0, 0.1) is 0 Å². The predicted octanol–water partition coefficient (Wildman–Crippen LogP) is -0.0727. The van der Waals surface area contributed by atoms with Crippen LogP contribution in [0.2, 0.25) is 0 Å². The summed E-state index contributed by atoms with van der Waals surface area (Å²) < 4.78 is 1.74. The third kappa shape index (κ3) is 2.87. The van der Waals surface area contributed by atoms with Crippen molar-refractivity contribution in [2.75, 3.05) is 31.1 Å². The first-order valence-corrected chi connectivity index (χ1v) is 6.41. The van der Waals surface area contributed by atoms with Crippen molar-refractivity contribution >= 4 is 5.95 Å². The Bertz CT molecular complexity index is 516.